The number of rotatable bonds is 3. The molecule has 0 unspecified atom stereocenters. The first-order chi connectivity index (χ1) is 11.8. The summed E-state index contributed by atoms with van der Waals surface area (Å²) in [5.41, 5.74) is 1.01. The predicted molar refractivity (Wildman–Crippen MR) is 102 cm³/mol. The standard InChI is InChI=1S/C20H16Cl2O3/c1-20(2)10-9-14-18(25-20)8-5-13(19(14)24)17(23)7-4-12-3-6-15(21)16(22)11-12/h3-11,24H,1-2H3/b7-4+. The first-order valence-electron chi connectivity index (χ1n) is 7.68. The van der Waals surface area contributed by atoms with Gasteiger partial charge in [-0.15, -0.1) is 0 Å². The molecule has 1 aliphatic rings. The minimum absolute atomic E-state index is 0.0898. The van der Waals surface area contributed by atoms with E-state index in [-0.39, 0.29) is 17.1 Å². The summed E-state index contributed by atoms with van der Waals surface area (Å²) in [4.78, 5) is 12.4. The molecule has 0 amide bonds. The Morgan fingerprint density at radius 3 is 2.64 bits per heavy atom. The molecule has 1 N–H and O–H groups in total. The van der Waals surface area contributed by atoms with Gasteiger partial charge in [0.25, 0.3) is 0 Å². The predicted octanol–water partition coefficient (Wildman–Crippen LogP) is 5.78. The van der Waals surface area contributed by atoms with E-state index in [0.717, 1.165) is 5.56 Å². The maximum atomic E-state index is 12.4. The lowest BCUT2D eigenvalue weighted by atomic mass is 9.98. The molecule has 25 heavy (non-hydrogen) atoms. The lowest BCUT2D eigenvalue weighted by Crippen LogP contribution is -2.27. The number of hydrogen-bond acceptors (Lipinski definition) is 3. The number of ether oxygens (including phenoxy) is 1. The van der Waals surface area contributed by atoms with E-state index >= 15 is 0 Å². The number of carbonyl (C=O) groups is 1. The minimum atomic E-state index is -0.446. The van der Waals surface area contributed by atoms with Crippen molar-refractivity contribution in [2.45, 2.75) is 19.4 Å². The third-order valence-corrected chi connectivity index (χ3v) is 4.58. The van der Waals surface area contributed by atoms with Crippen molar-refractivity contribution in [3.8, 4) is 11.5 Å². The van der Waals surface area contributed by atoms with Gasteiger partial charge in [-0.05, 0) is 61.9 Å². The van der Waals surface area contributed by atoms with Crippen molar-refractivity contribution in [1.29, 1.82) is 0 Å². The van der Waals surface area contributed by atoms with Gasteiger partial charge in [0.05, 0.1) is 21.2 Å². The normalized spacial score (nSPS) is 15.0. The quantitative estimate of drug-likeness (QED) is 0.547. The number of ketones is 1. The third kappa shape index (κ3) is 3.73. The van der Waals surface area contributed by atoms with Crippen LogP contribution in [0.4, 0.5) is 0 Å². The van der Waals surface area contributed by atoms with Crippen molar-refractivity contribution in [3.05, 3.63) is 69.2 Å². The fraction of sp³-hybridized carbons (Fsp3) is 0.150. The summed E-state index contributed by atoms with van der Waals surface area (Å²) >= 11 is 11.8. The van der Waals surface area contributed by atoms with Crippen LogP contribution in [0.2, 0.25) is 10.0 Å². The molecule has 0 bridgehead atoms. The molecule has 2 aromatic rings. The van der Waals surface area contributed by atoms with Crippen LogP contribution in [0.25, 0.3) is 12.2 Å². The summed E-state index contributed by atoms with van der Waals surface area (Å²) in [7, 11) is 0. The van der Waals surface area contributed by atoms with Crippen molar-refractivity contribution in [2.24, 2.45) is 0 Å². The Balaban J connectivity index is 1.88. The topological polar surface area (TPSA) is 46.5 Å². The molecular formula is C20H16Cl2O3. The number of allylic oxidation sites excluding steroid dienone is 1. The summed E-state index contributed by atoms with van der Waals surface area (Å²) in [5, 5.41) is 11.3. The summed E-state index contributed by atoms with van der Waals surface area (Å²) in [6.07, 6.45) is 6.62. The first-order valence-corrected chi connectivity index (χ1v) is 8.44. The van der Waals surface area contributed by atoms with Crippen LogP contribution >= 0.6 is 23.2 Å². The third-order valence-electron chi connectivity index (χ3n) is 3.84. The highest BCUT2D eigenvalue weighted by Crippen LogP contribution is 2.38. The zero-order chi connectivity index (χ0) is 18.2. The molecule has 0 fully saturated rings. The molecule has 3 rings (SSSR count). The van der Waals surface area contributed by atoms with Gasteiger partial charge >= 0.3 is 0 Å². The van der Waals surface area contributed by atoms with Gasteiger partial charge in [-0.25, -0.2) is 0 Å². The van der Waals surface area contributed by atoms with E-state index in [2.05, 4.69) is 0 Å². The lowest BCUT2D eigenvalue weighted by molar-refractivity contribution is 0.104. The average Bonchev–Trinajstić information content (AvgIpc) is 2.55. The highest BCUT2D eigenvalue weighted by atomic mass is 35.5. The smallest absolute Gasteiger partial charge is 0.189 e. The van der Waals surface area contributed by atoms with Crippen LogP contribution < -0.4 is 4.74 Å². The molecule has 3 nitrogen and oxygen atoms in total. The van der Waals surface area contributed by atoms with E-state index in [1.807, 2.05) is 19.9 Å². The van der Waals surface area contributed by atoms with Gasteiger partial charge in [-0.3, -0.25) is 4.79 Å². The van der Waals surface area contributed by atoms with Crippen LogP contribution in [0.3, 0.4) is 0 Å². The number of fused-ring (bicyclic) bond motifs is 1. The lowest BCUT2D eigenvalue weighted by Gasteiger charge is -2.28. The number of phenols is 1. The van der Waals surface area contributed by atoms with Gasteiger partial charge in [0.15, 0.2) is 5.78 Å². The van der Waals surface area contributed by atoms with E-state index in [1.165, 1.54) is 6.08 Å². The zero-order valence-electron chi connectivity index (χ0n) is 13.7. The summed E-state index contributed by atoms with van der Waals surface area (Å²) in [5.74, 6) is 0.146. The number of hydrogen-bond donors (Lipinski definition) is 1. The molecule has 0 saturated carbocycles. The molecule has 5 heteroatoms. The van der Waals surface area contributed by atoms with Crippen LogP contribution in [0.5, 0.6) is 11.5 Å². The van der Waals surface area contributed by atoms with Gasteiger partial charge < -0.3 is 9.84 Å². The maximum absolute atomic E-state index is 12.4. The van der Waals surface area contributed by atoms with Gasteiger partial charge in [0, 0.05) is 0 Å². The highest BCUT2D eigenvalue weighted by molar-refractivity contribution is 6.42. The molecule has 0 atom stereocenters. The van der Waals surface area contributed by atoms with Crippen LogP contribution in [0.1, 0.15) is 35.3 Å². The van der Waals surface area contributed by atoms with Crippen molar-refractivity contribution in [1.82, 2.24) is 0 Å². The van der Waals surface area contributed by atoms with Crippen molar-refractivity contribution in [3.63, 3.8) is 0 Å². The summed E-state index contributed by atoms with van der Waals surface area (Å²) < 4.78 is 5.79. The average molecular weight is 375 g/mol. The second kappa shape index (κ2) is 6.58. The van der Waals surface area contributed by atoms with E-state index in [9.17, 15) is 9.90 Å². The fourth-order valence-electron chi connectivity index (χ4n) is 2.52. The molecule has 0 aromatic heterocycles. The van der Waals surface area contributed by atoms with Gasteiger partial charge in [-0.2, -0.15) is 0 Å². The Morgan fingerprint density at radius 2 is 1.92 bits per heavy atom. The van der Waals surface area contributed by atoms with E-state index in [4.69, 9.17) is 27.9 Å². The van der Waals surface area contributed by atoms with Crippen LogP contribution in [-0.2, 0) is 0 Å². The van der Waals surface area contributed by atoms with Crippen molar-refractivity contribution < 1.29 is 14.6 Å². The molecular weight excluding hydrogens is 359 g/mol. The van der Waals surface area contributed by atoms with E-state index in [1.54, 1.807) is 42.5 Å². The van der Waals surface area contributed by atoms with Crippen LogP contribution in [-0.4, -0.2) is 16.5 Å². The van der Waals surface area contributed by atoms with Gasteiger partial charge in [0.1, 0.15) is 17.1 Å². The number of carbonyl (C=O) groups excluding carboxylic acids is 1. The summed E-state index contributed by atoms with van der Waals surface area (Å²) in [6.45, 7) is 3.84. The Bertz CT molecular complexity index is 911. The fourth-order valence-corrected chi connectivity index (χ4v) is 2.82. The van der Waals surface area contributed by atoms with Crippen molar-refractivity contribution in [2.75, 3.05) is 0 Å². The van der Waals surface area contributed by atoms with E-state index < -0.39 is 5.60 Å². The van der Waals surface area contributed by atoms with Crippen LogP contribution in [0, 0.1) is 0 Å². The Hall–Kier alpha value is -2.23. The molecule has 0 saturated heterocycles. The monoisotopic (exact) mass is 374 g/mol. The number of halogens is 2. The second-order valence-electron chi connectivity index (χ2n) is 6.28. The minimum Gasteiger partial charge on any atom is -0.506 e. The number of phenolic OH excluding ortho intramolecular Hbond substituents is 1. The molecule has 1 heterocycles. The Kier molecular flexibility index (Phi) is 4.63. The summed E-state index contributed by atoms with van der Waals surface area (Å²) in [6, 6.07) is 8.34. The van der Waals surface area contributed by atoms with Gasteiger partial charge in [0.2, 0.25) is 0 Å². The first kappa shape index (κ1) is 17.6. The zero-order valence-corrected chi connectivity index (χ0v) is 15.2. The van der Waals surface area contributed by atoms with Crippen LogP contribution in [0.15, 0.2) is 42.5 Å². The Morgan fingerprint density at radius 1 is 1.16 bits per heavy atom. The highest BCUT2D eigenvalue weighted by Gasteiger charge is 2.25. The SMILES string of the molecule is CC1(C)C=Cc2c(ccc(C(=O)/C=C/c3ccc(Cl)c(Cl)c3)c2O)O1. The molecule has 0 spiro atoms. The number of aromatic hydroxyl groups is 1. The molecule has 1 aliphatic heterocycles. The van der Waals surface area contributed by atoms with Gasteiger partial charge in [-0.1, -0.05) is 35.3 Å². The Labute approximate surface area is 156 Å². The largest absolute Gasteiger partial charge is 0.506 e. The van der Waals surface area contributed by atoms with Crippen molar-refractivity contribution >= 4 is 41.1 Å². The second-order valence-corrected chi connectivity index (χ2v) is 7.10. The molecule has 2 aromatic carbocycles. The maximum Gasteiger partial charge on any atom is 0.189 e. The molecule has 128 valence electrons. The number of benzene rings is 2. The molecule has 0 aliphatic carbocycles. The molecule has 0 radical (unpaired) electrons. The van der Waals surface area contributed by atoms with E-state index in [0.29, 0.717) is 21.4 Å².